The summed E-state index contributed by atoms with van der Waals surface area (Å²) in [5, 5.41) is 0. The molecule has 1 heterocycles. The number of nitrogens with zero attached hydrogens (tertiary/aromatic N) is 1. The maximum atomic E-state index is 5.66. The summed E-state index contributed by atoms with van der Waals surface area (Å²) in [5.41, 5.74) is 6.05. The number of benzene rings is 1. The molecule has 0 atom stereocenters. The predicted molar refractivity (Wildman–Crippen MR) is 71.7 cm³/mol. The van der Waals surface area contributed by atoms with Gasteiger partial charge in [-0.15, -0.1) is 0 Å². The van der Waals surface area contributed by atoms with Crippen molar-refractivity contribution in [1.29, 1.82) is 0 Å². The van der Waals surface area contributed by atoms with Gasteiger partial charge in [-0.05, 0) is 41.5 Å². The van der Waals surface area contributed by atoms with E-state index >= 15 is 0 Å². The molecule has 0 saturated heterocycles. The van der Waals surface area contributed by atoms with Gasteiger partial charge in [0.05, 0.1) is 0 Å². The lowest BCUT2D eigenvalue weighted by molar-refractivity contribution is 0.560. The Balaban J connectivity index is 2.83. The number of oxazole rings is 1. The molecule has 0 amide bonds. The first-order valence-electron chi connectivity index (χ1n) is 6.32. The standard InChI is InChI=1S/C15H21NO/c1-8(2)12-7-13-15(16-11(6)17-13)10(5)14(12)9(3)4/h7-9H,1-6H3. The summed E-state index contributed by atoms with van der Waals surface area (Å²) in [6.07, 6.45) is 0. The third-order valence-electron chi connectivity index (χ3n) is 3.32. The van der Waals surface area contributed by atoms with Crippen LogP contribution in [0.4, 0.5) is 0 Å². The lowest BCUT2D eigenvalue weighted by Crippen LogP contribution is -2.02. The van der Waals surface area contributed by atoms with E-state index in [1.807, 2.05) is 6.92 Å². The first-order chi connectivity index (χ1) is 7.91. The van der Waals surface area contributed by atoms with E-state index in [0.29, 0.717) is 11.8 Å². The Bertz CT molecular complexity index is 550. The molecule has 0 aliphatic heterocycles. The lowest BCUT2D eigenvalue weighted by Gasteiger charge is -2.18. The van der Waals surface area contributed by atoms with E-state index in [0.717, 1.165) is 17.0 Å². The molecule has 0 spiro atoms. The first kappa shape index (κ1) is 12.2. The molecule has 1 aromatic carbocycles. The summed E-state index contributed by atoms with van der Waals surface area (Å²) in [6, 6.07) is 2.17. The molecule has 0 bridgehead atoms. The Morgan fingerprint density at radius 2 is 1.71 bits per heavy atom. The second kappa shape index (κ2) is 4.17. The van der Waals surface area contributed by atoms with Crippen LogP contribution in [-0.2, 0) is 0 Å². The van der Waals surface area contributed by atoms with Crippen LogP contribution in [-0.4, -0.2) is 4.98 Å². The average molecular weight is 231 g/mol. The van der Waals surface area contributed by atoms with Gasteiger partial charge in [0.15, 0.2) is 11.5 Å². The Kier molecular flexibility index (Phi) is 2.98. The zero-order chi connectivity index (χ0) is 12.7. The molecule has 1 aromatic heterocycles. The minimum absolute atomic E-state index is 0.515. The monoisotopic (exact) mass is 231 g/mol. The molecule has 0 aliphatic rings. The van der Waals surface area contributed by atoms with Gasteiger partial charge in [-0.1, -0.05) is 27.7 Å². The van der Waals surface area contributed by atoms with Gasteiger partial charge in [-0.25, -0.2) is 4.98 Å². The normalized spacial score (nSPS) is 12.0. The van der Waals surface area contributed by atoms with Gasteiger partial charge in [0.2, 0.25) is 0 Å². The van der Waals surface area contributed by atoms with Gasteiger partial charge in [0.25, 0.3) is 0 Å². The highest BCUT2D eigenvalue weighted by Gasteiger charge is 2.18. The van der Waals surface area contributed by atoms with Crippen LogP contribution in [0.1, 0.15) is 62.1 Å². The molecule has 0 fully saturated rings. The first-order valence-corrected chi connectivity index (χ1v) is 6.32. The minimum atomic E-state index is 0.515. The maximum absolute atomic E-state index is 5.66. The van der Waals surface area contributed by atoms with Gasteiger partial charge >= 0.3 is 0 Å². The summed E-state index contributed by atoms with van der Waals surface area (Å²) in [5.74, 6) is 1.79. The fraction of sp³-hybridized carbons (Fsp3) is 0.533. The number of aryl methyl sites for hydroxylation is 2. The van der Waals surface area contributed by atoms with Crippen LogP contribution in [0.2, 0.25) is 0 Å². The largest absolute Gasteiger partial charge is 0.441 e. The second-order valence-electron chi connectivity index (χ2n) is 5.39. The van der Waals surface area contributed by atoms with Crippen molar-refractivity contribution < 1.29 is 4.42 Å². The van der Waals surface area contributed by atoms with Gasteiger partial charge in [-0.3, -0.25) is 0 Å². The van der Waals surface area contributed by atoms with Gasteiger partial charge in [-0.2, -0.15) is 0 Å². The van der Waals surface area contributed by atoms with Crippen LogP contribution in [0.25, 0.3) is 11.1 Å². The van der Waals surface area contributed by atoms with Crippen molar-refractivity contribution in [3.63, 3.8) is 0 Å². The summed E-state index contributed by atoms with van der Waals surface area (Å²) in [4.78, 5) is 4.49. The second-order valence-corrected chi connectivity index (χ2v) is 5.39. The fourth-order valence-electron chi connectivity index (χ4n) is 2.62. The Morgan fingerprint density at radius 3 is 2.24 bits per heavy atom. The van der Waals surface area contributed by atoms with Gasteiger partial charge < -0.3 is 4.42 Å². The van der Waals surface area contributed by atoms with E-state index in [-0.39, 0.29) is 0 Å². The van der Waals surface area contributed by atoms with Crippen LogP contribution in [0, 0.1) is 13.8 Å². The van der Waals surface area contributed by atoms with E-state index in [1.54, 1.807) is 0 Å². The molecule has 0 N–H and O–H groups in total. The SMILES string of the molecule is Cc1nc2c(C)c(C(C)C)c(C(C)C)cc2o1. The molecular weight excluding hydrogens is 210 g/mol. The highest BCUT2D eigenvalue weighted by molar-refractivity contribution is 5.79. The van der Waals surface area contributed by atoms with E-state index in [2.05, 4.69) is 45.7 Å². The molecule has 2 heteroatoms. The van der Waals surface area contributed by atoms with Crippen LogP contribution in [0.3, 0.4) is 0 Å². The molecule has 0 saturated carbocycles. The summed E-state index contributed by atoms with van der Waals surface area (Å²) >= 11 is 0. The molecule has 2 nitrogen and oxygen atoms in total. The molecule has 0 radical (unpaired) electrons. The highest BCUT2D eigenvalue weighted by Crippen LogP contribution is 2.34. The van der Waals surface area contributed by atoms with Crippen LogP contribution < -0.4 is 0 Å². The van der Waals surface area contributed by atoms with Crippen LogP contribution >= 0.6 is 0 Å². The topological polar surface area (TPSA) is 26.0 Å². The molecule has 17 heavy (non-hydrogen) atoms. The molecule has 0 aliphatic carbocycles. The van der Waals surface area contributed by atoms with E-state index in [9.17, 15) is 0 Å². The number of aromatic nitrogens is 1. The van der Waals surface area contributed by atoms with Crippen molar-refractivity contribution in [3.05, 3.63) is 28.6 Å². The smallest absolute Gasteiger partial charge is 0.192 e. The number of hydrogen-bond acceptors (Lipinski definition) is 2. The number of fused-ring (bicyclic) bond motifs is 1. The quantitative estimate of drug-likeness (QED) is 0.749. The minimum Gasteiger partial charge on any atom is -0.441 e. The molecule has 92 valence electrons. The van der Waals surface area contributed by atoms with Crippen molar-refractivity contribution in [1.82, 2.24) is 4.98 Å². The Morgan fingerprint density at radius 1 is 1.06 bits per heavy atom. The van der Waals surface area contributed by atoms with Gasteiger partial charge in [0.1, 0.15) is 5.52 Å². The Labute approximate surface area is 103 Å². The average Bonchev–Trinajstić information content (AvgIpc) is 2.57. The highest BCUT2D eigenvalue weighted by atomic mass is 16.3. The molecular formula is C15H21NO. The Hall–Kier alpha value is -1.31. The molecule has 0 unspecified atom stereocenters. The maximum Gasteiger partial charge on any atom is 0.192 e. The summed E-state index contributed by atoms with van der Waals surface area (Å²) in [6.45, 7) is 13.0. The van der Waals surface area contributed by atoms with E-state index in [4.69, 9.17) is 4.42 Å². The third kappa shape index (κ3) is 1.97. The predicted octanol–water partition coefficient (Wildman–Crippen LogP) is 4.69. The van der Waals surface area contributed by atoms with Crippen molar-refractivity contribution in [3.8, 4) is 0 Å². The molecule has 2 aromatic rings. The van der Waals surface area contributed by atoms with Crippen molar-refractivity contribution in [2.75, 3.05) is 0 Å². The molecule has 2 rings (SSSR count). The number of rotatable bonds is 2. The van der Waals surface area contributed by atoms with E-state index in [1.165, 1.54) is 16.7 Å². The van der Waals surface area contributed by atoms with E-state index < -0.39 is 0 Å². The summed E-state index contributed by atoms with van der Waals surface area (Å²) in [7, 11) is 0. The van der Waals surface area contributed by atoms with Crippen molar-refractivity contribution >= 4 is 11.1 Å². The number of hydrogen-bond donors (Lipinski definition) is 0. The zero-order valence-corrected chi connectivity index (χ0v) is 11.6. The van der Waals surface area contributed by atoms with Crippen LogP contribution in [0.5, 0.6) is 0 Å². The lowest BCUT2D eigenvalue weighted by atomic mass is 9.87. The van der Waals surface area contributed by atoms with Crippen LogP contribution in [0.15, 0.2) is 10.5 Å². The van der Waals surface area contributed by atoms with Crippen molar-refractivity contribution in [2.24, 2.45) is 0 Å². The zero-order valence-electron chi connectivity index (χ0n) is 11.6. The van der Waals surface area contributed by atoms with Crippen molar-refractivity contribution in [2.45, 2.75) is 53.4 Å². The summed E-state index contributed by atoms with van der Waals surface area (Å²) < 4.78 is 5.66. The van der Waals surface area contributed by atoms with Gasteiger partial charge in [0, 0.05) is 6.92 Å². The fourth-order valence-corrected chi connectivity index (χ4v) is 2.62. The third-order valence-corrected chi connectivity index (χ3v) is 3.32.